The average molecular weight is 390 g/mol. The Bertz CT molecular complexity index is 872. The van der Waals surface area contributed by atoms with E-state index < -0.39 is 10.8 Å². The Morgan fingerprint density at radius 2 is 1.93 bits per heavy atom. The lowest BCUT2D eigenvalue weighted by Gasteiger charge is -2.28. The molecule has 1 amide bonds. The summed E-state index contributed by atoms with van der Waals surface area (Å²) in [6, 6.07) is 8.17. The van der Waals surface area contributed by atoms with Crippen molar-refractivity contribution < 1.29 is 14.5 Å². The van der Waals surface area contributed by atoms with Crippen LogP contribution in [0, 0.1) is 24.0 Å². The molecule has 2 aromatic rings. The third kappa shape index (κ3) is 4.20. The van der Waals surface area contributed by atoms with Crippen LogP contribution in [0.5, 0.6) is 0 Å². The monoisotopic (exact) mass is 389 g/mol. The van der Waals surface area contributed by atoms with E-state index in [1.165, 1.54) is 6.07 Å². The van der Waals surface area contributed by atoms with Crippen LogP contribution < -0.4 is 10.2 Å². The van der Waals surface area contributed by atoms with Crippen LogP contribution >= 0.6 is 11.6 Å². The van der Waals surface area contributed by atoms with Gasteiger partial charge < -0.3 is 15.0 Å². The number of carbonyl (C=O) groups excluding carboxylic acids is 1. The van der Waals surface area contributed by atoms with Gasteiger partial charge in [0.1, 0.15) is 5.69 Å². The molecular formula is C19H20ClN3O4. The van der Waals surface area contributed by atoms with Gasteiger partial charge in [0.15, 0.2) is 0 Å². The minimum absolute atomic E-state index is 0.101. The van der Waals surface area contributed by atoms with Gasteiger partial charge in [0.2, 0.25) is 0 Å². The van der Waals surface area contributed by atoms with E-state index in [0.29, 0.717) is 42.7 Å². The SMILES string of the molecule is Cc1cc(C)c(NC(=O)c2ccc(N3CCOCC3)c([N+](=O)[O-])c2)c(Cl)c1. The molecule has 8 heteroatoms. The molecule has 7 nitrogen and oxygen atoms in total. The summed E-state index contributed by atoms with van der Waals surface area (Å²) in [4.78, 5) is 25.6. The first kappa shape index (κ1) is 19.1. The summed E-state index contributed by atoms with van der Waals surface area (Å²) in [5, 5.41) is 14.7. The first-order valence-electron chi connectivity index (χ1n) is 8.56. The van der Waals surface area contributed by atoms with Crippen LogP contribution in [0.4, 0.5) is 17.1 Å². The van der Waals surface area contributed by atoms with Crippen molar-refractivity contribution in [2.45, 2.75) is 13.8 Å². The van der Waals surface area contributed by atoms with Crippen LogP contribution in [0.3, 0.4) is 0 Å². The summed E-state index contributed by atoms with van der Waals surface area (Å²) in [5.41, 5.74) is 2.91. The minimum atomic E-state index is -0.467. The molecule has 2 aromatic carbocycles. The van der Waals surface area contributed by atoms with E-state index in [2.05, 4.69) is 5.32 Å². The summed E-state index contributed by atoms with van der Waals surface area (Å²) in [6.07, 6.45) is 0. The molecule has 1 fully saturated rings. The molecule has 0 aromatic heterocycles. The zero-order valence-electron chi connectivity index (χ0n) is 15.1. The number of nitro benzene ring substituents is 1. The predicted octanol–water partition coefficient (Wildman–Crippen LogP) is 3.95. The summed E-state index contributed by atoms with van der Waals surface area (Å²) >= 11 is 6.23. The quantitative estimate of drug-likeness (QED) is 0.632. The summed E-state index contributed by atoms with van der Waals surface area (Å²) in [7, 11) is 0. The molecule has 0 spiro atoms. The van der Waals surface area contributed by atoms with Gasteiger partial charge in [0.05, 0.1) is 28.8 Å². The molecule has 0 radical (unpaired) electrons. The highest BCUT2D eigenvalue weighted by molar-refractivity contribution is 6.34. The highest BCUT2D eigenvalue weighted by Crippen LogP contribution is 2.31. The van der Waals surface area contributed by atoms with Gasteiger partial charge in [-0.25, -0.2) is 0 Å². The topological polar surface area (TPSA) is 84.7 Å². The standard InChI is InChI=1S/C19H20ClN3O4/c1-12-9-13(2)18(15(20)10-12)21-19(24)14-3-4-16(17(11-14)23(25)26)22-5-7-27-8-6-22/h3-4,9-11H,5-8H2,1-2H3,(H,21,24). The van der Waals surface area contributed by atoms with E-state index >= 15 is 0 Å². The number of nitrogens with one attached hydrogen (secondary N) is 1. The third-order valence-electron chi connectivity index (χ3n) is 4.46. The van der Waals surface area contributed by atoms with Crippen molar-refractivity contribution in [2.24, 2.45) is 0 Å². The van der Waals surface area contributed by atoms with E-state index in [4.69, 9.17) is 16.3 Å². The van der Waals surface area contributed by atoms with E-state index in [1.54, 1.807) is 18.2 Å². The summed E-state index contributed by atoms with van der Waals surface area (Å²) in [5.74, 6) is -0.444. The highest BCUT2D eigenvalue weighted by atomic mass is 35.5. The Labute approximate surface area is 162 Å². The molecule has 0 atom stereocenters. The number of ether oxygens (including phenoxy) is 1. The number of nitrogens with zero attached hydrogens (tertiary/aromatic N) is 2. The van der Waals surface area contributed by atoms with E-state index in [1.807, 2.05) is 24.8 Å². The lowest BCUT2D eigenvalue weighted by atomic mass is 10.1. The van der Waals surface area contributed by atoms with Gasteiger partial charge in [0.25, 0.3) is 11.6 Å². The Kier molecular flexibility index (Phi) is 5.62. The van der Waals surface area contributed by atoms with Gasteiger partial charge in [-0.1, -0.05) is 17.7 Å². The van der Waals surface area contributed by atoms with Crippen LogP contribution in [-0.2, 0) is 4.74 Å². The Morgan fingerprint density at radius 1 is 1.22 bits per heavy atom. The number of morpholine rings is 1. The maximum absolute atomic E-state index is 12.6. The maximum atomic E-state index is 12.6. The molecule has 0 saturated carbocycles. The molecule has 1 aliphatic rings. The van der Waals surface area contributed by atoms with Crippen molar-refractivity contribution in [1.29, 1.82) is 0 Å². The molecule has 1 saturated heterocycles. The van der Waals surface area contributed by atoms with Gasteiger partial charge >= 0.3 is 0 Å². The molecule has 0 unspecified atom stereocenters. The lowest BCUT2D eigenvalue weighted by molar-refractivity contribution is -0.384. The van der Waals surface area contributed by atoms with Gasteiger partial charge in [0, 0.05) is 24.7 Å². The molecule has 3 rings (SSSR count). The molecule has 0 bridgehead atoms. The van der Waals surface area contributed by atoms with Crippen LogP contribution in [-0.4, -0.2) is 37.1 Å². The second-order valence-corrected chi connectivity index (χ2v) is 6.86. The second-order valence-electron chi connectivity index (χ2n) is 6.45. The molecule has 142 valence electrons. The largest absolute Gasteiger partial charge is 0.378 e. The molecule has 1 aliphatic heterocycles. The lowest BCUT2D eigenvalue weighted by Crippen LogP contribution is -2.36. The Hall–Kier alpha value is -2.64. The van der Waals surface area contributed by atoms with Crippen molar-refractivity contribution in [2.75, 3.05) is 36.5 Å². The number of nitro groups is 1. The first-order valence-corrected chi connectivity index (χ1v) is 8.94. The minimum Gasteiger partial charge on any atom is -0.378 e. The van der Waals surface area contributed by atoms with E-state index in [-0.39, 0.29) is 11.3 Å². The molecule has 1 N–H and O–H groups in total. The van der Waals surface area contributed by atoms with Gasteiger partial charge in [-0.05, 0) is 43.2 Å². The van der Waals surface area contributed by atoms with E-state index in [9.17, 15) is 14.9 Å². The number of aryl methyl sites for hydroxylation is 2. The van der Waals surface area contributed by atoms with Crippen molar-refractivity contribution in [3.8, 4) is 0 Å². The van der Waals surface area contributed by atoms with Crippen LogP contribution in [0.15, 0.2) is 30.3 Å². The fourth-order valence-electron chi connectivity index (χ4n) is 3.14. The second kappa shape index (κ2) is 7.94. The van der Waals surface area contributed by atoms with Crippen molar-refractivity contribution in [3.63, 3.8) is 0 Å². The van der Waals surface area contributed by atoms with Crippen molar-refractivity contribution in [1.82, 2.24) is 0 Å². The fraction of sp³-hybridized carbons (Fsp3) is 0.316. The smallest absolute Gasteiger partial charge is 0.293 e. The number of amides is 1. The van der Waals surface area contributed by atoms with Gasteiger partial charge in [-0.3, -0.25) is 14.9 Å². The Balaban J connectivity index is 1.89. The zero-order chi connectivity index (χ0) is 19.6. The Morgan fingerprint density at radius 3 is 2.56 bits per heavy atom. The van der Waals surface area contributed by atoms with Gasteiger partial charge in [-0.15, -0.1) is 0 Å². The molecule has 27 heavy (non-hydrogen) atoms. The molecule has 1 heterocycles. The van der Waals surface area contributed by atoms with Crippen LogP contribution in [0.2, 0.25) is 5.02 Å². The number of hydrogen-bond donors (Lipinski definition) is 1. The van der Waals surface area contributed by atoms with Gasteiger partial charge in [-0.2, -0.15) is 0 Å². The summed E-state index contributed by atoms with van der Waals surface area (Å²) in [6.45, 7) is 5.95. The average Bonchev–Trinajstić information content (AvgIpc) is 2.64. The molecule has 0 aliphatic carbocycles. The number of hydrogen-bond acceptors (Lipinski definition) is 5. The van der Waals surface area contributed by atoms with Crippen molar-refractivity contribution >= 4 is 34.6 Å². The maximum Gasteiger partial charge on any atom is 0.293 e. The van der Waals surface area contributed by atoms with Crippen LogP contribution in [0.1, 0.15) is 21.5 Å². The normalized spacial score (nSPS) is 14.1. The third-order valence-corrected chi connectivity index (χ3v) is 4.75. The zero-order valence-corrected chi connectivity index (χ0v) is 15.9. The van der Waals surface area contributed by atoms with E-state index in [0.717, 1.165) is 11.1 Å². The fourth-order valence-corrected chi connectivity index (χ4v) is 3.51. The molecular weight excluding hydrogens is 370 g/mol. The van der Waals surface area contributed by atoms with Crippen LogP contribution in [0.25, 0.3) is 0 Å². The van der Waals surface area contributed by atoms with Crippen molar-refractivity contribution in [3.05, 3.63) is 62.2 Å². The number of halogens is 1. The number of rotatable bonds is 4. The predicted molar refractivity (Wildman–Crippen MR) is 105 cm³/mol. The number of benzene rings is 2. The summed E-state index contributed by atoms with van der Waals surface area (Å²) < 4.78 is 5.29. The highest BCUT2D eigenvalue weighted by Gasteiger charge is 2.23. The number of anilines is 2. The first-order chi connectivity index (χ1) is 12.9. The number of carbonyl (C=O) groups is 1.